The van der Waals surface area contributed by atoms with Crippen LogP contribution in [0.25, 0.3) is 0 Å². The Morgan fingerprint density at radius 2 is 2.17 bits per heavy atom. The van der Waals surface area contributed by atoms with E-state index in [1.807, 2.05) is 0 Å². The number of hydrogen-bond acceptors (Lipinski definition) is 4. The molecule has 2 N–H and O–H groups in total. The Morgan fingerprint density at radius 1 is 1.39 bits per heavy atom. The number of nitrogen functional groups attached to an aromatic ring is 1. The summed E-state index contributed by atoms with van der Waals surface area (Å²) in [5, 5.41) is 0.264. The van der Waals surface area contributed by atoms with Gasteiger partial charge in [0.25, 0.3) is 0 Å². The highest BCUT2D eigenvalue weighted by atomic mass is 35.5. The molecule has 0 bridgehead atoms. The Labute approximate surface area is 112 Å². The third-order valence-corrected chi connectivity index (χ3v) is 5.12. The normalized spacial score (nSPS) is 20.8. The monoisotopic (exact) mass is 289 g/mol. The van der Waals surface area contributed by atoms with Crippen molar-refractivity contribution in [2.24, 2.45) is 0 Å². The van der Waals surface area contributed by atoms with E-state index in [9.17, 15) is 8.42 Å². The van der Waals surface area contributed by atoms with Crippen LogP contribution in [0.2, 0.25) is 5.02 Å². The minimum atomic E-state index is -3.36. The van der Waals surface area contributed by atoms with Gasteiger partial charge in [0.1, 0.15) is 0 Å². The van der Waals surface area contributed by atoms with E-state index in [1.165, 1.54) is 18.2 Å². The maximum Gasteiger partial charge on any atom is 0.180 e. The summed E-state index contributed by atoms with van der Waals surface area (Å²) in [6.45, 7) is 0.642. The Balaban J connectivity index is 2.16. The van der Waals surface area contributed by atoms with Gasteiger partial charge in [0, 0.05) is 6.61 Å². The van der Waals surface area contributed by atoms with Gasteiger partial charge < -0.3 is 10.5 Å². The average Bonchev–Trinajstić information content (AvgIpc) is 2.33. The lowest BCUT2D eigenvalue weighted by Crippen LogP contribution is -2.27. The molecule has 1 saturated heterocycles. The van der Waals surface area contributed by atoms with E-state index >= 15 is 0 Å². The van der Waals surface area contributed by atoms with Crippen molar-refractivity contribution in [3.8, 4) is 0 Å². The minimum Gasteiger partial charge on any atom is -0.398 e. The summed E-state index contributed by atoms with van der Waals surface area (Å²) >= 11 is 5.84. The van der Waals surface area contributed by atoms with Crippen LogP contribution in [0.4, 0.5) is 5.69 Å². The van der Waals surface area contributed by atoms with Gasteiger partial charge in [0.2, 0.25) is 0 Å². The van der Waals surface area contributed by atoms with Crippen molar-refractivity contribution in [2.75, 3.05) is 18.1 Å². The Kier molecular flexibility index (Phi) is 4.14. The molecule has 4 nitrogen and oxygen atoms in total. The molecule has 100 valence electrons. The van der Waals surface area contributed by atoms with Gasteiger partial charge in [-0.3, -0.25) is 0 Å². The molecule has 0 aliphatic carbocycles. The first kappa shape index (κ1) is 13.6. The molecular formula is C12H16ClNO3S. The Bertz CT molecular complexity index is 524. The third-order valence-electron chi connectivity index (χ3n) is 3.01. The van der Waals surface area contributed by atoms with E-state index in [4.69, 9.17) is 22.1 Å². The van der Waals surface area contributed by atoms with Gasteiger partial charge in [0.15, 0.2) is 9.84 Å². The molecule has 1 aliphatic rings. The van der Waals surface area contributed by atoms with E-state index in [2.05, 4.69) is 0 Å². The molecule has 0 radical (unpaired) electrons. The molecule has 0 saturated carbocycles. The van der Waals surface area contributed by atoms with Crippen molar-refractivity contribution in [1.82, 2.24) is 0 Å². The smallest absolute Gasteiger partial charge is 0.180 e. The maximum absolute atomic E-state index is 12.2. The van der Waals surface area contributed by atoms with Crippen molar-refractivity contribution in [2.45, 2.75) is 30.3 Å². The number of hydrogen-bond donors (Lipinski definition) is 1. The van der Waals surface area contributed by atoms with E-state index in [0.717, 1.165) is 19.3 Å². The van der Waals surface area contributed by atoms with Crippen LogP contribution in [0, 0.1) is 0 Å². The zero-order valence-corrected chi connectivity index (χ0v) is 11.5. The average molecular weight is 290 g/mol. The van der Waals surface area contributed by atoms with Crippen molar-refractivity contribution >= 4 is 27.1 Å². The number of anilines is 1. The van der Waals surface area contributed by atoms with Crippen LogP contribution in [-0.2, 0) is 14.6 Å². The summed E-state index contributed by atoms with van der Waals surface area (Å²) < 4.78 is 29.8. The van der Waals surface area contributed by atoms with Gasteiger partial charge in [-0.1, -0.05) is 11.6 Å². The van der Waals surface area contributed by atoms with E-state index < -0.39 is 9.84 Å². The molecule has 1 atom stereocenters. The second kappa shape index (κ2) is 5.47. The van der Waals surface area contributed by atoms with Crippen LogP contribution < -0.4 is 5.73 Å². The van der Waals surface area contributed by atoms with E-state index in [1.54, 1.807) is 0 Å². The fourth-order valence-corrected chi connectivity index (χ4v) is 3.74. The van der Waals surface area contributed by atoms with Gasteiger partial charge in [-0.05, 0) is 37.5 Å². The number of benzene rings is 1. The molecule has 1 fully saturated rings. The van der Waals surface area contributed by atoms with Gasteiger partial charge in [-0.25, -0.2) is 8.42 Å². The van der Waals surface area contributed by atoms with Crippen molar-refractivity contribution < 1.29 is 13.2 Å². The lowest BCUT2D eigenvalue weighted by molar-refractivity contribution is 0.0305. The zero-order valence-electron chi connectivity index (χ0n) is 9.93. The summed E-state index contributed by atoms with van der Waals surface area (Å²) in [5.74, 6) is 0.00719. The van der Waals surface area contributed by atoms with Gasteiger partial charge in [-0.2, -0.15) is 0 Å². The van der Waals surface area contributed by atoms with Crippen LogP contribution in [0.3, 0.4) is 0 Å². The second-order valence-corrected chi connectivity index (χ2v) is 6.89. The quantitative estimate of drug-likeness (QED) is 0.867. The van der Waals surface area contributed by atoms with Crippen molar-refractivity contribution in [1.29, 1.82) is 0 Å². The molecule has 6 heteroatoms. The van der Waals surface area contributed by atoms with Crippen LogP contribution in [0.15, 0.2) is 23.1 Å². The highest BCUT2D eigenvalue weighted by Gasteiger charge is 2.24. The molecule has 0 spiro atoms. The summed E-state index contributed by atoms with van der Waals surface area (Å²) in [6, 6.07) is 4.39. The fourth-order valence-electron chi connectivity index (χ4n) is 1.98. The summed E-state index contributed by atoms with van der Waals surface area (Å²) in [5.41, 5.74) is 5.94. The highest BCUT2D eigenvalue weighted by Crippen LogP contribution is 2.25. The largest absolute Gasteiger partial charge is 0.398 e. The first-order valence-electron chi connectivity index (χ1n) is 5.88. The first-order chi connectivity index (χ1) is 8.49. The van der Waals surface area contributed by atoms with E-state index in [-0.39, 0.29) is 21.8 Å². The summed E-state index contributed by atoms with van der Waals surface area (Å²) in [4.78, 5) is 0.205. The molecule has 2 rings (SSSR count). The molecule has 0 amide bonds. The van der Waals surface area contributed by atoms with Crippen molar-refractivity contribution in [3.05, 3.63) is 23.2 Å². The number of ether oxygens (including phenoxy) is 1. The lowest BCUT2D eigenvalue weighted by Gasteiger charge is -2.22. The Morgan fingerprint density at radius 3 is 2.78 bits per heavy atom. The predicted octanol–water partition coefficient (Wildman–Crippen LogP) is 2.27. The van der Waals surface area contributed by atoms with Crippen LogP contribution in [-0.4, -0.2) is 26.9 Å². The Hall–Kier alpha value is -0.780. The van der Waals surface area contributed by atoms with Gasteiger partial charge >= 0.3 is 0 Å². The lowest BCUT2D eigenvalue weighted by atomic mass is 10.1. The molecule has 18 heavy (non-hydrogen) atoms. The topological polar surface area (TPSA) is 69.4 Å². The van der Waals surface area contributed by atoms with Crippen molar-refractivity contribution in [3.63, 3.8) is 0 Å². The number of nitrogens with two attached hydrogens (primary N) is 1. The highest BCUT2D eigenvalue weighted by molar-refractivity contribution is 7.91. The van der Waals surface area contributed by atoms with Crippen LogP contribution in [0.5, 0.6) is 0 Å². The molecule has 1 heterocycles. The predicted molar refractivity (Wildman–Crippen MR) is 71.5 cm³/mol. The maximum atomic E-state index is 12.2. The molecule has 0 aromatic heterocycles. The van der Waals surface area contributed by atoms with Gasteiger partial charge in [-0.15, -0.1) is 0 Å². The molecule has 1 aliphatic heterocycles. The molecular weight excluding hydrogens is 274 g/mol. The second-order valence-electron chi connectivity index (χ2n) is 4.45. The standard InChI is InChI=1S/C12H16ClNO3S/c13-11-7-10(4-5-12(11)14)18(15,16)8-9-3-1-2-6-17-9/h4-5,7,9H,1-3,6,8,14H2. The molecule has 1 unspecified atom stereocenters. The first-order valence-corrected chi connectivity index (χ1v) is 7.91. The summed E-state index contributed by atoms with van der Waals surface area (Å²) in [7, 11) is -3.36. The molecule has 1 aromatic rings. The molecule has 1 aromatic carbocycles. The zero-order chi connectivity index (χ0) is 13.2. The third kappa shape index (κ3) is 3.16. The SMILES string of the molecule is Nc1ccc(S(=O)(=O)CC2CCCCO2)cc1Cl. The number of rotatable bonds is 3. The fraction of sp³-hybridized carbons (Fsp3) is 0.500. The van der Waals surface area contributed by atoms with E-state index in [0.29, 0.717) is 12.3 Å². The number of sulfone groups is 1. The minimum absolute atomic E-state index is 0.00719. The van der Waals surface area contributed by atoms with Crippen LogP contribution >= 0.6 is 11.6 Å². The van der Waals surface area contributed by atoms with Gasteiger partial charge in [0.05, 0.1) is 27.5 Å². The van der Waals surface area contributed by atoms with Crippen LogP contribution in [0.1, 0.15) is 19.3 Å². The summed E-state index contributed by atoms with van der Waals surface area (Å²) in [6.07, 6.45) is 2.61. The number of halogens is 1.